The van der Waals surface area contributed by atoms with Crippen molar-refractivity contribution >= 4 is 11.8 Å². The van der Waals surface area contributed by atoms with Crippen LogP contribution in [0.3, 0.4) is 0 Å². The fraction of sp³-hybridized carbons (Fsp3) is 0.667. The van der Waals surface area contributed by atoms with Gasteiger partial charge < -0.3 is 5.32 Å². The lowest BCUT2D eigenvalue weighted by Crippen LogP contribution is -2.17. The quantitative estimate of drug-likeness (QED) is 0.716. The molecule has 0 bridgehead atoms. The summed E-state index contributed by atoms with van der Waals surface area (Å²) in [7, 11) is 0. The van der Waals surface area contributed by atoms with Gasteiger partial charge in [0.05, 0.1) is 5.37 Å². The standard InChI is InChI=1S/C12H21NS/c1-10(2)5-4-6-11(3)9-12-13-7-8-14-12/h5,9,12-13H,4,6-8H2,1-3H3/b11-9-. The predicted octanol–water partition coefficient (Wildman–Crippen LogP) is 3.34. The van der Waals surface area contributed by atoms with Crippen LogP contribution < -0.4 is 5.32 Å². The van der Waals surface area contributed by atoms with Crippen molar-refractivity contribution in [3.05, 3.63) is 23.3 Å². The number of hydrogen-bond acceptors (Lipinski definition) is 2. The number of nitrogens with one attached hydrogen (secondary N) is 1. The number of hydrogen-bond donors (Lipinski definition) is 1. The van der Waals surface area contributed by atoms with Crippen molar-refractivity contribution in [1.82, 2.24) is 5.32 Å². The van der Waals surface area contributed by atoms with E-state index in [4.69, 9.17) is 0 Å². The van der Waals surface area contributed by atoms with Gasteiger partial charge in [-0.2, -0.15) is 0 Å². The number of rotatable bonds is 4. The summed E-state index contributed by atoms with van der Waals surface area (Å²) < 4.78 is 0. The molecule has 2 heteroatoms. The van der Waals surface area contributed by atoms with Gasteiger partial charge in [-0.25, -0.2) is 0 Å². The molecule has 0 spiro atoms. The summed E-state index contributed by atoms with van der Waals surface area (Å²) >= 11 is 2.01. The van der Waals surface area contributed by atoms with Crippen molar-refractivity contribution in [2.24, 2.45) is 0 Å². The van der Waals surface area contributed by atoms with Gasteiger partial charge in [0.25, 0.3) is 0 Å². The molecule has 0 saturated carbocycles. The minimum Gasteiger partial charge on any atom is -0.301 e. The van der Waals surface area contributed by atoms with Crippen LogP contribution in [0.15, 0.2) is 23.3 Å². The molecule has 1 fully saturated rings. The van der Waals surface area contributed by atoms with Crippen LogP contribution in [0.1, 0.15) is 33.6 Å². The molecule has 0 aliphatic carbocycles. The summed E-state index contributed by atoms with van der Waals surface area (Å²) in [6.07, 6.45) is 7.06. The zero-order valence-corrected chi connectivity index (χ0v) is 10.3. The minimum atomic E-state index is 0.571. The zero-order valence-electron chi connectivity index (χ0n) is 9.47. The normalized spacial score (nSPS) is 22.5. The largest absolute Gasteiger partial charge is 0.301 e. The van der Waals surface area contributed by atoms with Gasteiger partial charge in [0.15, 0.2) is 0 Å². The van der Waals surface area contributed by atoms with Crippen LogP contribution in [0.2, 0.25) is 0 Å². The van der Waals surface area contributed by atoms with Crippen LogP contribution in [0.5, 0.6) is 0 Å². The van der Waals surface area contributed by atoms with Gasteiger partial charge in [0.1, 0.15) is 0 Å². The summed E-state index contributed by atoms with van der Waals surface area (Å²) in [5.41, 5.74) is 2.93. The Morgan fingerprint density at radius 3 is 2.79 bits per heavy atom. The smallest absolute Gasteiger partial charge is 0.0722 e. The molecule has 1 aliphatic rings. The number of allylic oxidation sites excluding steroid dienone is 3. The van der Waals surface area contributed by atoms with Gasteiger partial charge in [-0.15, -0.1) is 11.8 Å². The van der Waals surface area contributed by atoms with E-state index in [-0.39, 0.29) is 0 Å². The lowest BCUT2D eigenvalue weighted by atomic mass is 10.1. The fourth-order valence-electron chi connectivity index (χ4n) is 1.48. The van der Waals surface area contributed by atoms with Crippen LogP contribution in [0.25, 0.3) is 0 Å². The summed E-state index contributed by atoms with van der Waals surface area (Å²) in [6.45, 7) is 7.72. The highest BCUT2D eigenvalue weighted by Crippen LogP contribution is 2.18. The molecular weight excluding hydrogens is 190 g/mol. The molecule has 80 valence electrons. The second-order valence-electron chi connectivity index (χ2n) is 4.08. The SMILES string of the molecule is CC(C)=CCC/C(C)=C\C1NCCS1. The van der Waals surface area contributed by atoms with E-state index in [0.29, 0.717) is 5.37 Å². The van der Waals surface area contributed by atoms with Crippen molar-refractivity contribution in [2.75, 3.05) is 12.3 Å². The van der Waals surface area contributed by atoms with E-state index in [1.165, 1.54) is 29.7 Å². The van der Waals surface area contributed by atoms with Gasteiger partial charge in [-0.05, 0) is 33.6 Å². The lowest BCUT2D eigenvalue weighted by Gasteiger charge is -2.05. The Morgan fingerprint density at radius 2 is 2.21 bits per heavy atom. The van der Waals surface area contributed by atoms with Crippen molar-refractivity contribution in [3.8, 4) is 0 Å². The third-order valence-corrected chi connectivity index (χ3v) is 3.37. The third kappa shape index (κ3) is 4.87. The lowest BCUT2D eigenvalue weighted by molar-refractivity contribution is 0.795. The maximum Gasteiger partial charge on any atom is 0.0722 e. The molecule has 0 aromatic heterocycles. The molecule has 0 aromatic carbocycles. The molecule has 1 rings (SSSR count). The van der Waals surface area contributed by atoms with Gasteiger partial charge in [-0.1, -0.05) is 23.3 Å². The minimum absolute atomic E-state index is 0.571. The number of thioether (sulfide) groups is 1. The van der Waals surface area contributed by atoms with Crippen LogP contribution in [-0.2, 0) is 0 Å². The van der Waals surface area contributed by atoms with Gasteiger partial charge >= 0.3 is 0 Å². The first-order valence-corrected chi connectivity index (χ1v) is 6.39. The first-order valence-electron chi connectivity index (χ1n) is 5.34. The molecule has 1 heterocycles. The van der Waals surface area contributed by atoms with Crippen molar-refractivity contribution < 1.29 is 0 Å². The summed E-state index contributed by atoms with van der Waals surface area (Å²) in [6, 6.07) is 0. The zero-order chi connectivity index (χ0) is 10.4. The maximum atomic E-state index is 3.46. The van der Waals surface area contributed by atoms with Crippen LogP contribution in [-0.4, -0.2) is 17.7 Å². The molecule has 1 unspecified atom stereocenters. The molecular formula is C12H21NS. The monoisotopic (exact) mass is 211 g/mol. The molecule has 14 heavy (non-hydrogen) atoms. The molecule has 0 radical (unpaired) electrons. The molecule has 1 N–H and O–H groups in total. The molecule has 1 aliphatic heterocycles. The Labute approximate surface area is 92.0 Å². The average Bonchev–Trinajstić information content (AvgIpc) is 2.56. The topological polar surface area (TPSA) is 12.0 Å². The Bertz CT molecular complexity index is 220. The second kappa shape index (κ2) is 6.31. The van der Waals surface area contributed by atoms with Crippen LogP contribution >= 0.6 is 11.8 Å². The van der Waals surface area contributed by atoms with E-state index in [2.05, 4.69) is 38.2 Å². The van der Waals surface area contributed by atoms with Crippen LogP contribution in [0.4, 0.5) is 0 Å². The Kier molecular flexibility index (Phi) is 5.34. The van der Waals surface area contributed by atoms with E-state index in [1.807, 2.05) is 11.8 Å². The van der Waals surface area contributed by atoms with Crippen molar-refractivity contribution in [3.63, 3.8) is 0 Å². The predicted molar refractivity (Wildman–Crippen MR) is 66.7 cm³/mol. The van der Waals surface area contributed by atoms with E-state index >= 15 is 0 Å². The van der Waals surface area contributed by atoms with E-state index < -0.39 is 0 Å². The Balaban J connectivity index is 2.26. The van der Waals surface area contributed by atoms with E-state index in [1.54, 1.807) is 0 Å². The Morgan fingerprint density at radius 1 is 1.43 bits per heavy atom. The van der Waals surface area contributed by atoms with Gasteiger partial charge in [0, 0.05) is 12.3 Å². The maximum absolute atomic E-state index is 3.46. The third-order valence-electron chi connectivity index (χ3n) is 2.27. The molecule has 0 amide bonds. The van der Waals surface area contributed by atoms with E-state index in [0.717, 1.165) is 6.54 Å². The highest BCUT2D eigenvalue weighted by Gasteiger charge is 2.10. The van der Waals surface area contributed by atoms with E-state index in [9.17, 15) is 0 Å². The molecule has 0 aromatic rings. The second-order valence-corrected chi connectivity index (χ2v) is 5.33. The van der Waals surface area contributed by atoms with Gasteiger partial charge in [-0.3, -0.25) is 0 Å². The van der Waals surface area contributed by atoms with Crippen LogP contribution in [0, 0.1) is 0 Å². The summed E-state index contributed by atoms with van der Waals surface area (Å²) in [4.78, 5) is 0. The molecule has 1 nitrogen and oxygen atoms in total. The first kappa shape index (κ1) is 11.9. The summed E-state index contributed by atoms with van der Waals surface area (Å²) in [5.74, 6) is 1.25. The first-order chi connectivity index (χ1) is 6.68. The highest BCUT2D eigenvalue weighted by atomic mass is 32.2. The van der Waals surface area contributed by atoms with Crippen molar-refractivity contribution in [1.29, 1.82) is 0 Å². The average molecular weight is 211 g/mol. The van der Waals surface area contributed by atoms with Crippen molar-refractivity contribution in [2.45, 2.75) is 39.0 Å². The molecule has 1 saturated heterocycles. The molecule has 1 atom stereocenters. The highest BCUT2D eigenvalue weighted by molar-refractivity contribution is 8.00. The van der Waals surface area contributed by atoms with Gasteiger partial charge in [0.2, 0.25) is 0 Å². The summed E-state index contributed by atoms with van der Waals surface area (Å²) in [5, 5.41) is 4.03. The fourth-order valence-corrected chi connectivity index (χ4v) is 2.54. The Hall–Kier alpha value is -0.210.